The molecule has 0 aromatic heterocycles. The molecule has 4 nitrogen and oxygen atoms in total. The number of carbonyl (C=O) groups is 2. The first-order chi connectivity index (χ1) is 25.2. The molecule has 0 saturated heterocycles. The summed E-state index contributed by atoms with van der Waals surface area (Å²) in [6, 6.07) is 26.6. The zero-order chi connectivity index (χ0) is 38.6. The van der Waals surface area contributed by atoms with Gasteiger partial charge in [0, 0.05) is 35.1 Å². The summed E-state index contributed by atoms with van der Waals surface area (Å²) >= 11 is 12.0. The van der Waals surface area contributed by atoms with Crippen LogP contribution in [0, 0.1) is 0 Å². The van der Waals surface area contributed by atoms with Crippen molar-refractivity contribution in [2.45, 2.75) is 79.1 Å². The Morgan fingerprint density at radius 3 is 1.30 bits per heavy atom. The molecule has 0 aliphatic carbocycles. The van der Waals surface area contributed by atoms with Crippen molar-refractivity contribution >= 4 is 103 Å². The monoisotopic (exact) mass is 894 g/mol. The molecule has 0 spiro atoms. The third kappa shape index (κ3) is 6.27. The predicted molar refractivity (Wildman–Crippen MR) is 237 cm³/mol. The molecule has 0 atom stereocenters. The third-order valence-electron chi connectivity index (χ3n) is 10.5. The Hall–Kier alpha value is -3.78. The van der Waals surface area contributed by atoms with Gasteiger partial charge in [-0.05, 0) is 137 Å². The number of benzene rings is 7. The number of amides is 2. The van der Waals surface area contributed by atoms with Crippen molar-refractivity contribution in [1.82, 2.24) is 0 Å². The standard InChI is InChI=1S/C45H42Br3NO.CH3NO/c1-21(2)26-15-11-16-27(22(3)4)33(26)37-35-30-19-9-13-25-14-10-20-31(32(25)30)36-39(35)40(43(47)44(48)42(36)46)41(45(49)50)38(37)34-28(23(5)6)17-12-18-29(34)24(7)8;2-1-3/h9-24H,1-8H3,(H2,49,50);1H,(H2,2,3). The molecule has 7 aromatic rings. The molecule has 2 amide bonds. The van der Waals surface area contributed by atoms with E-state index in [9.17, 15) is 4.79 Å². The largest absolute Gasteiger partial charge is 0.372 e. The highest BCUT2D eigenvalue weighted by atomic mass is 79.9. The van der Waals surface area contributed by atoms with Crippen molar-refractivity contribution < 1.29 is 9.59 Å². The van der Waals surface area contributed by atoms with Gasteiger partial charge in [-0.15, -0.1) is 0 Å². The molecule has 0 radical (unpaired) electrons. The zero-order valence-electron chi connectivity index (χ0n) is 31.4. The van der Waals surface area contributed by atoms with E-state index in [2.05, 4.69) is 182 Å². The van der Waals surface area contributed by atoms with E-state index in [0.717, 1.165) is 57.0 Å². The minimum Gasteiger partial charge on any atom is -0.372 e. The van der Waals surface area contributed by atoms with Gasteiger partial charge in [-0.1, -0.05) is 128 Å². The number of halogens is 3. The van der Waals surface area contributed by atoms with Crippen LogP contribution in [-0.2, 0) is 4.79 Å². The first kappa shape index (κ1) is 38.9. The lowest BCUT2D eigenvalue weighted by Crippen LogP contribution is -2.17. The van der Waals surface area contributed by atoms with Crippen molar-refractivity contribution in [2.75, 3.05) is 0 Å². The summed E-state index contributed by atoms with van der Waals surface area (Å²) in [6.07, 6.45) is 0.250. The molecule has 4 N–H and O–H groups in total. The minimum absolute atomic E-state index is 0.203. The van der Waals surface area contributed by atoms with E-state index in [0.29, 0.717) is 5.56 Å². The van der Waals surface area contributed by atoms with Crippen molar-refractivity contribution in [3.63, 3.8) is 0 Å². The van der Waals surface area contributed by atoms with Crippen molar-refractivity contribution in [2.24, 2.45) is 11.5 Å². The molecule has 0 aliphatic rings. The van der Waals surface area contributed by atoms with E-state index < -0.39 is 5.91 Å². The number of carbonyl (C=O) groups excluding carboxylic acids is 2. The van der Waals surface area contributed by atoms with Gasteiger partial charge >= 0.3 is 0 Å². The van der Waals surface area contributed by atoms with E-state index in [1.165, 1.54) is 44.0 Å². The van der Waals surface area contributed by atoms with Crippen LogP contribution in [0.2, 0.25) is 0 Å². The van der Waals surface area contributed by atoms with Gasteiger partial charge in [0.1, 0.15) is 0 Å². The van der Waals surface area contributed by atoms with Crippen LogP contribution in [0.15, 0.2) is 86.2 Å². The van der Waals surface area contributed by atoms with Crippen LogP contribution in [0.5, 0.6) is 0 Å². The fraction of sp³-hybridized carbons (Fsp3) is 0.261. The Kier molecular flexibility index (Phi) is 11.1. The maximum absolute atomic E-state index is 14.5. The fourth-order valence-electron chi connectivity index (χ4n) is 8.35. The van der Waals surface area contributed by atoms with Gasteiger partial charge < -0.3 is 11.5 Å². The smallest absolute Gasteiger partial charge is 0.250 e. The second-order valence-corrected chi connectivity index (χ2v) is 17.4. The maximum atomic E-state index is 14.5. The summed E-state index contributed by atoms with van der Waals surface area (Å²) in [5, 5.41) is 8.80. The molecule has 0 fully saturated rings. The van der Waals surface area contributed by atoms with Gasteiger partial charge in [0.15, 0.2) is 0 Å². The van der Waals surface area contributed by atoms with Gasteiger partial charge in [0.25, 0.3) is 0 Å². The van der Waals surface area contributed by atoms with Crippen molar-refractivity contribution in [3.8, 4) is 22.3 Å². The van der Waals surface area contributed by atoms with E-state index in [1.54, 1.807) is 0 Å². The van der Waals surface area contributed by atoms with Crippen molar-refractivity contribution in [3.05, 3.63) is 114 Å². The van der Waals surface area contributed by atoms with Gasteiger partial charge in [0.05, 0.1) is 5.56 Å². The molecule has 0 unspecified atom stereocenters. The molecular weight excluding hydrogens is 852 g/mol. The van der Waals surface area contributed by atoms with Gasteiger partial charge in [-0.2, -0.15) is 0 Å². The van der Waals surface area contributed by atoms with Crippen LogP contribution in [0.3, 0.4) is 0 Å². The lowest BCUT2D eigenvalue weighted by atomic mass is 9.73. The summed E-state index contributed by atoms with van der Waals surface area (Å²) in [5.74, 6) is 0.432. The lowest BCUT2D eigenvalue weighted by molar-refractivity contribution is -0.106. The third-order valence-corrected chi connectivity index (χ3v) is 14.0. The Balaban J connectivity index is 0.00000155. The average molecular weight is 898 g/mol. The molecule has 7 aromatic carbocycles. The van der Waals surface area contributed by atoms with Crippen LogP contribution in [0.4, 0.5) is 0 Å². The average Bonchev–Trinajstić information content (AvgIpc) is 3.12. The second kappa shape index (κ2) is 15.2. The SMILES string of the molecule is CC(C)c1cccc(C(C)C)c1-c1c(C(N)=O)c2c(Br)c(Br)c(Br)c3c4cccc5cccc(c(c1-c1c(C(C)C)cccc1C(C)C)c23)c54.NC=O. The topological polar surface area (TPSA) is 86.2 Å². The first-order valence-electron chi connectivity index (χ1n) is 18.1. The summed E-state index contributed by atoms with van der Waals surface area (Å²) in [7, 11) is 0. The molecule has 7 heteroatoms. The number of fused-ring (bicyclic) bond motifs is 2. The molecule has 0 saturated carbocycles. The molecule has 0 bridgehead atoms. The van der Waals surface area contributed by atoms with Gasteiger partial charge in [-0.25, -0.2) is 0 Å². The number of rotatable bonds is 7. The van der Waals surface area contributed by atoms with Crippen LogP contribution in [-0.4, -0.2) is 12.3 Å². The van der Waals surface area contributed by atoms with Crippen LogP contribution < -0.4 is 11.5 Å². The summed E-state index contributed by atoms with van der Waals surface area (Å²) in [6.45, 7) is 18.1. The number of hydrogen-bond acceptors (Lipinski definition) is 2. The van der Waals surface area contributed by atoms with Crippen LogP contribution in [0.1, 0.15) is 112 Å². The van der Waals surface area contributed by atoms with E-state index >= 15 is 0 Å². The molecular formula is C46H45Br3N2O2. The molecule has 53 heavy (non-hydrogen) atoms. The maximum Gasteiger partial charge on any atom is 0.250 e. The summed E-state index contributed by atoms with van der Waals surface area (Å²) in [4.78, 5) is 23.1. The van der Waals surface area contributed by atoms with Gasteiger partial charge in [-0.3, -0.25) is 9.59 Å². The predicted octanol–water partition coefficient (Wildman–Crippen LogP) is 14.1. The lowest BCUT2D eigenvalue weighted by Gasteiger charge is -2.31. The Labute approximate surface area is 337 Å². The molecule has 0 aliphatic heterocycles. The van der Waals surface area contributed by atoms with E-state index in [-0.39, 0.29) is 30.1 Å². The second-order valence-electron chi connectivity index (χ2n) is 15.0. The Bertz CT molecular complexity index is 2510. The van der Waals surface area contributed by atoms with Crippen molar-refractivity contribution in [1.29, 1.82) is 0 Å². The quantitative estimate of drug-likeness (QED) is 0.0723. The normalized spacial score (nSPS) is 11.9. The highest BCUT2D eigenvalue weighted by Crippen LogP contribution is 2.57. The van der Waals surface area contributed by atoms with Crippen LogP contribution >= 0.6 is 47.8 Å². The molecule has 7 rings (SSSR count). The zero-order valence-corrected chi connectivity index (χ0v) is 36.2. The highest BCUT2D eigenvalue weighted by molar-refractivity contribution is 9.14. The van der Waals surface area contributed by atoms with Crippen LogP contribution in [0.25, 0.3) is 65.3 Å². The number of nitrogens with two attached hydrogens (primary N) is 2. The van der Waals surface area contributed by atoms with Gasteiger partial charge in [0.2, 0.25) is 12.3 Å². The minimum atomic E-state index is -0.438. The Morgan fingerprint density at radius 2 is 0.887 bits per heavy atom. The first-order valence-corrected chi connectivity index (χ1v) is 20.5. The number of primary amides is 2. The van der Waals surface area contributed by atoms with E-state index in [1.807, 2.05) is 0 Å². The highest BCUT2D eigenvalue weighted by Gasteiger charge is 2.34. The Morgan fingerprint density at radius 1 is 0.509 bits per heavy atom. The van der Waals surface area contributed by atoms with E-state index in [4.69, 9.17) is 10.5 Å². The fourth-order valence-corrected chi connectivity index (χ4v) is 10.2. The number of hydrogen-bond donors (Lipinski definition) is 2. The summed E-state index contributed by atoms with van der Waals surface area (Å²) in [5.41, 5.74) is 20.7. The molecule has 0 heterocycles. The summed E-state index contributed by atoms with van der Waals surface area (Å²) < 4.78 is 2.61. The molecule has 272 valence electrons.